The predicted molar refractivity (Wildman–Crippen MR) is 49.3 cm³/mol. The topological polar surface area (TPSA) is 62.7 Å². The number of hydrogen-bond donors (Lipinski definition) is 2. The van der Waals surface area contributed by atoms with E-state index in [1.54, 1.807) is 12.4 Å². The van der Waals surface area contributed by atoms with E-state index in [0.717, 1.165) is 13.1 Å². The summed E-state index contributed by atoms with van der Waals surface area (Å²) in [7, 11) is 0. The molecule has 1 aliphatic heterocycles. The van der Waals surface area contributed by atoms with Crippen molar-refractivity contribution in [2.75, 3.05) is 18.4 Å². The van der Waals surface area contributed by atoms with Crippen LogP contribution in [0.4, 0.5) is 5.95 Å². The number of nitrogens with one attached hydrogen (secondary N) is 2. The second-order valence-corrected chi connectivity index (χ2v) is 3.15. The normalized spacial score (nSPS) is 22.6. The molecule has 0 bridgehead atoms. The van der Waals surface area contributed by atoms with Gasteiger partial charge < -0.3 is 10.6 Å². The van der Waals surface area contributed by atoms with Crippen LogP contribution < -0.4 is 10.6 Å². The van der Waals surface area contributed by atoms with Gasteiger partial charge in [0.25, 0.3) is 0 Å². The molecule has 0 aromatic carbocycles. The lowest BCUT2D eigenvalue weighted by molar-refractivity contribution is 0.477. The van der Waals surface area contributed by atoms with Gasteiger partial charge in [0.15, 0.2) is 0 Å². The minimum Gasteiger partial charge on any atom is -0.349 e. The second-order valence-electron chi connectivity index (χ2n) is 3.15. The van der Waals surface area contributed by atoms with E-state index in [9.17, 15) is 0 Å². The summed E-state index contributed by atoms with van der Waals surface area (Å²) in [5.41, 5.74) is 0. The Morgan fingerprint density at radius 1 is 1.46 bits per heavy atom. The molecule has 0 radical (unpaired) electrons. The van der Waals surface area contributed by atoms with Crippen LogP contribution in [-0.4, -0.2) is 34.3 Å². The molecule has 2 heterocycles. The molecular formula is C8H13N5. The molecule has 1 aromatic heterocycles. The number of hydrogen-bond acceptors (Lipinski definition) is 5. The highest BCUT2D eigenvalue weighted by atomic mass is 15.2. The van der Waals surface area contributed by atoms with E-state index in [1.807, 2.05) is 0 Å². The first-order valence-corrected chi connectivity index (χ1v) is 4.56. The minimum atomic E-state index is 0.443. The van der Waals surface area contributed by atoms with Crippen LogP contribution in [0.2, 0.25) is 0 Å². The average molecular weight is 179 g/mol. The quantitative estimate of drug-likeness (QED) is 0.671. The van der Waals surface area contributed by atoms with E-state index in [-0.39, 0.29) is 0 Å². The van der Waals surface area contributed by atoms with Crippen LogP contribution in [-0.2, 0) is 0 Å². The third-order valence-electron chi connectivity index (χ3n) is 2.11. The van der Waals surface area contributed by atoms with Gasteiger partial charge in [-0.1, -0.05) is 0 Å². The first-order chi connectivity index (χ1) is 6.45. The third-order valence-corrected chi connectivity index (χ3v) is 2.11. The van der Waals surface area contributed by atoms with Gasteiger partial charge in [-0.25, -0.2) is 4.98 Å². The maximum Gasteiger partial charge on any atom is 0.242 e. The van der Waals surface area contributed by atoms with Crippen molar-refractivity contribution >= 4 is 5.95 Å². The SMILES string of the molecule is c1cnc(NC2CCCNC2)nn1. The van der Waals surface area contributed by atoms with E-state index in [2.05, 4.69) is 25.8 Å². The van der Waals surface area contributed by atoms with Gasteiger partial charge in [-0.2, -0.15) is 5.10 Å². The van der Waals surface area contributed by atoms with Crippen LogP contribution in [0.5, 0.6) is 0 Å². The Kier molecular flexibility index (Phi) is 2.66. The Hall–Kier alpha value is -1.23. The summed E-state index contributed by atoms with van der Waals surface area (Å²) in [6.07, 6.45) is 5.60. The van der Waals surface area contributed by atoms with Gasteiger partial charge in [-0.3, -0.25) is 0 Å². The number of anilines is 1. The maximum absolute atomic E-state index is 4.06. The molecule has 0 saturated carbocycles. The van der Waals surface area contributed by atoms with Crippen molar-refractivity contribution < 1.29 is 0 Å². The highest BCUT2D eigenvalue weighted by Gasteiger charge is 2.12. The smallest absolute Gasteiger partial charge is 0.242 e. The van der Waals surface area contributed by atoms with Gasteiger partial charge in [0.1, 0.15) is 0 Å². The summed E-state index contributed by atoms with van der Waals surface area (Å²) in [6.45, 7) is 2.10. The van der Waals surface area contributed by atoms with E-state index in [1.165, 1.54) is 12.8 Å². The minimum absolute atomic E-state index is 0.443. The van der Waals surface area contributed by atoms with Crippen molar-refractivity contribution in [3.63, 3.8) is 0 Å². The first kappa shape index (κ1) is 8.37. The van der Waals surface area contributed by atoms with Gasteiger partial charge in [-0.05, 0) is 19.4 Å². The predicted octanol–water partition coefficient (Wildman–Crippen LogP) is 0.0355. The van der Waals surface area contributed by atoms with E-state index in [0.29, 0.717) is 12.0 Å². The van der Waals surface area contributed by atoms with Crippen LogP contribution in [0.3, 0.4) is 0 Å². The Morgan fingerprint density at radius 3 is 3.15 bits per heavy atom. The molecular weight excluding hydrogens is 166 g/mol. The van der Waals surface area contributed by atoms with Crippen LogP contribution in [0.25, 0.3) is 0 Å². The van der Waals surface area contributed by atoms with Crippen LogP contribution in [0.1, 0.15) is 12.8 Å². The second kappa shape index (κ2) is 4.13. The van der Waals surface area contributed by atoms with Crippen molar-refractivity contribution in [2.45, 2.75) is 18.9 Å². The zero-order valence-corrected chi connectivity index (χ0v) is 7.40. The van der Waals surface area contributed by atoms with Crippen molar-refractivity contribution in [1.82, 2.24) is 20.5 Å². The summed E-state index contributed by atoms with van der Waals surface area (Å²) in [6, 6.07) is 0.443. The largest absolute Gasteiger partial charge is 0.349 e. The van der Waals surface area contributed by atoms with E-state index in [4.69, 9.17) is 0 Å². The molecule has 1 saturated heterocycles. The lowest BCUT2D eigenvalue weighted by Crippen LogP contribution is -2.38. The van der Waals surface area contributed by atoms with Crippen molar-refractivity contribution in [3.05, 3.63) is 12.4 Å². The monoisotopic (exact) mass is 179 g/mol. The molecule has 1 aromatic rings. The molecule has 1 unspecified atom stereocenters. The molecule has 0 aliphatic carbocycles. The molecule has 1 aliphatic rings. The van der Waals surface area contributed by atoms with Crippen molar-refractivity contribution in [1.29, 1.82) is 0 Å². The van der Waals surface area contributed by atoms with Crippen molar-refractivity contribution in [2.24, 2.45) is 0 Å². The Balaban J connectivity index is 1.90. The summed E-state index contributed by atoms with van der Waals surface area (Å²) in [4.78, 5) is 4.06. The zero-order chi connectivity index (χ0) is 8.93. The van der Waals surface area contributed by atoms with Gasteiger partial charge in [-0.15, -0.1) is 5.10 Å². The molecule has 2 N–H and O–H groups in total. The average Bonchev–Trinajstić information content (AvgIpc) is 2.21. The van der Waals surface area contributed by atoms with E-state index >= 15 is 0 Å². The van der Waals surface area contributed by atoms with Crippen LogP contribution in [0.15, 0.2) is 12.4 Å². The summed E-state index contributed by atoms with van der Waals surface area (Å²) in [5.74, 6) is 0.621. The number of rotatable bonds is 2. The summed E-state index contributed by atoms with van der Waals surface area (Å²) < 4.78 is 0. The molecule has 0 spiro atoms. The zero-order valence-electron chi connectivity index (χ0n) is 7.40. The number of nitrogens with zero attached hydrogens (tertiary/aromatic N) is 3. The summed E-state index contributed by atoms with van der Waals surface area (Å²) in [5, 5.41) is 14.2. The third kappa shape index (κ3) is 2.35. The van der Waals surface area contributed by atoms with Gasteiger partial charge >= 0.3 is 0 Å². The maximum atomic E-state index is 4.06. The highest BCUT2D eigenvalue weighted by Crippen LogP contribution is 2.06. The Morgan fingerprint density at radius 2 is 2.46 bits per heavy atom. The molecule has 2 rings (SSSR count). The van der Waals surface area contributed by atoms with E-state index < -0.39 is 0 Å². The standard InChI is InChI=1S/C8H13N5/c1-2-7(6-9-3-1)12-8-10-4-5-11-13-8/h4-5,7,9H,1-3,6H2,(H,10,12,13). The highest BCUT2D eigenvalue weighted by molar-refractivity contribution is 5.22. The van der Waals surface area contributed by atoms with Crippen LogP contribution in [0, 0.1) is 0 Å². The summed E-state index contributed by atoms with van der Waals surface area (Å²) >= 11 is 0. The van der Waals surface area contributed by atoms with Gasteiger partial charge in [0.2, 0.25) is 5.95 Å². The lowest BCUT2D eigenvalue weighted by atomic mass is 10.1. The number of aromatic nitrogens is 3. The molecule has 70 valence electrons. The fourth-order valence-corrected chi connectivity index (χ4v) is 1.47. The molecule has 5 nitrogen and oxygen atoms in total. The van der Waals surface area contributed by atoms with Gasteiger partial charge in [0, 0.05) is 12.6 Å². The van der Waals surface area contributed by atoms with Crippen molar-refractivity contribution in [3.8, 4) is 0 Å². The van der Waals surface area contributed by atoms with Crippen LogP contribution >= 0.6 is 0 Å². The Labute approximate surface area is 77.0 Å². The molecule has 1 fully saturated rings. The Bertz CT molecular complexity index is 244. The number of piperidine rings is 1. The fourth-order valence-electron chi connectivity index (χ4n) is 1.47. The fraction of sp³-hybridized carbons (Fsp3) is 0.625. The lowest BCUT2D eigenvalue weighted by Gasteiger charge is -2.23. The molecule has 0 amide bonds. The van der Waals surface area contributed by atoms with Gasteiger partial charge in [0.05, 0.1) is 12.4 Å². The molecule has 5 heteroatoms. The molecule has 13 heavy (non-hydrogen) atoms. The molecule has 1 atom stereocenters. The first-order valence-electron chi connectivity index (χ1n) is 4.56.